The first-order valence-electron chi connectivity index (χ1n) is 16.4. The Morgan fingerprint density at radius 1 is 0.560 bits per heavy atom. The molecule has 0 aromatic heterocycles. The van der Waals surface area contributed by atoms with Crippen LogP contribution in [0.4, 0.5) is 5.69 Å². The topological polar surface area (TPSA) is 89.3 Å². The Labute approximate surface area is 300 Å². The van der Waals surface area contributed by atoms with Crippen LogP contribution in [0.25, 0.3) is 0 Å². The van der Waals surface area contributed by atoms with Crippen LogP contribution in [-0.2, 0) is 50.1 Å². The summed E-state index contributed by atoms with van der Waals surface area (Å²) >= 11 is 0. The molecule has 5 aromatic rings. The first-order chi connectivity index (χ1) is 24.6. The van der Waals surface area contributed by atoms with Crippen molar-refractivity contribution in [2.24, 2.45) is 0 Å². The van der Waals surface area contributed by atoms with Crippen molar-refractivity contribution < 1.29 is 28.6 Å². The molecule has 1 saturated heterocycles. The van der Waals surface area contributed by atoms with Crippen LogP contribution in [-0.4, -0.2) is 41.4 Å². The van der Waals surface area contributed by atoms with Crippen LogP contribution in [0.15, 0.2) is 150 Å². The summed E-state index contributed by atoms with van der Waals surface area (Å²) in [6.45, 7) is 1.75. The monoisotopic (exact) mass is 709 g/mol. The number of benzene rings is 5. The normalized spacial score (nSPS) is 20.4. The third kappa shape index (κ3) is 10.5. The van der Waals surface area contributed by atoms with Gasteiger partial charge in [-0.05, 0) is 34.4 Å². The minimum absolute atomic E-state index is 0.0424. The van der Waals surface area contributed by atoms with Crippen molar-refractivity contribution in [2.45, 2.75) is 61.2 Å². The molecule has 1 heterocycles. The molecule has 1 aliphatic rings. The number of hydrogen-bond acceptors (Lipinski definition) is 9. The van der Waals surface area contributed by atoms with Crippen molar-refractivity contribution in [3.05, 3.63) is 178 Å². The van der Waals surface area contributed by atoms with E-state index in [2.05, 4.69) is 0 Å². The van der Waals surface area contributed by atoms with Gasteiger partial charge in [-0.3, -0.25) is 10.1 Å². The Morgan fingerprint density at radius 3 is 1.48 bits per heavy atom. The van der Waals surface area contributed by atoms with Crippen LogP contribution in [0.3, 0.4) is 0 Å². The SMILES string of the molecule is O=[N+]([O-])c1ccc(SS[C@@H]2O[C@H](COCc3ccccc3)[C@@H](OCc3ccccc3)[C@H](OCc3ccccc3)[C@H]2OCc2ccccc2)cc1. The van der Waals surface area contributed by atoms with Gasteiger partial charge < -0.3 is 23.7 Å². The highest BCUT2D eigenvalue weighted by Crippen LogP contribution is 2.43. The van der Waals surface area contributed by atoms with Crippen LogP contribution < -0.4 is 0 Å². The van der Waals surface area contributed by atoms with Gasteiger partial charge in [-0.15, -0.1) is 0 Å². The van der Waals surface area contributed by atoms with Gasteiger partial charge in [-0.1, -0.05) is 143 Å². The third-order valence-electron chi connectivity index (χ3n) is 8.13. The molecular formula is C40H39NO7S2. The molecule has 0 unspecified atom stereocenters. The third-order valence-corrected chi connectivity index (χ3v) is 10.7. The Morgan fingerprint density at radius 2 is 1.00 bits per heavy atom. The van der Waals surface area contributed by atoms with E-state index in [1.807, 2.05) is 121 Å². The van der Waals surface area contributed by atoms with Crippen LogP contribution >= 0.6 is 21.6 Å². The number of non-ortho nitro benzene ring substituents is 1. The minimum Gasteiger partial charge on any atom is -0.374 e. The van der Waals surface area contributed by atoms with Gasteiger partial charge in [-0.25, -0.2) is 0 Å². The molecule has 0 N–H and O–H groups in total. The lowest BCUT2D eigenvalue weighted by molar-refractivity contribution is -0.384. The highest BCUT2D eigenvalue weighted by atomic mass is 33.1. The Balaban J connectivity index is 1.30. The average Bonchev–Trinajstić information content (AvgIpc) is 3.17. The second kappa shape index (κ2) is 18.8. The molecule has 0 radical (unpaired) electrons. The van der Waals surface area contributed by atoms with E-state index < -0.39 is 34.8 Å². The molecule has 1 aliphatic heterocycles. The Hall–Kier alpha value is -4.00. The van der Waals surface area contributed by atoms with Gasteiger partial charge in [-0.2, -0.15) is 0 Å². The number of nitro groups is 1. The van der Waals surface area contributed by atoms with Crippen molar-refractivity contribution in [1.82, 2.24) is 0 Å². The smallest absolute Gasteiger partial charge is 0.269 e. The average molecular weight is 710 g/mol. The molecule has 5 aromatic carbocycles. The second-order valence-corrected chi connectivity index (χ2v) is 14.1. The van der Waals surface area contributed by atoms with Gasteiger partial charge in [0.2, 0.25) is 0 Å². The van der Waals surface area contributed by atoms with Gasteiger partial charge in [0.05, 0.1) is 38.0 Å². The van der Waals surface area contributed by atoms with E-state index in [1.54, 1.807) is 12.1 Å². The summed E-state index contributed by atoms with van der Waals surface area (Å²) in [7, 11) is 2.97. The van der Waals surface area contributed by atoms with Gasteiger partial charge >= 0.3 is 0 Å². The fraction of sp³-hybridized carbons (Fsp3) is 0.250. The van der Waals surface area contributed by atoms with Gasteiger partial charge in [0.1, 0.15) is 29.9 Å². The summed E-state index contributed by atoms with van der Waals surface area (Å²) in [5, 5.41) is 11.3. The van der Waals surface area contributed by atoms with E-state index in [9.17, 15) is 10.1 Å². The zero-order chi connectivity index (χ0) is 34.4. The maximum absolute atomic E-state index is 11.3. The molecule has 0 amide bonds. The lowest BCUT2D eigenvalue weighted by atomic mass is 9.98. The van der Waals surface area contributed by atoms with Crippen LogP contribution in [0.2, 0.25) is 0 Å². The van der Waals surface area contributed by atoms with Crippen LogP contribution in [0.5, 0.6) is 0 Å². The molecule has 5 atom stereocenters. The van der Waals surface area contributed by atoms with Gasteiger partial charge in [0.15, 0.2) is 0 Å². The summed E-state index contributed by atoms with van der Waals surface area (Å²) in [5.74, 6) is 0. The van der Waals surface area contributed by atoms with Crippen molar-refractivity contribution in [1.29, 1.82) is 0 Å². The lowest BCUT2D eigenvalue weighted by Crippen LogP contribution is -2.60. The highest BCUT2D eigenvalue weighted by Gasteiger charge is 2.49. The summed E-state index contributed by atoms with van der Waals surface area (Å²) in [4.78, 5) is 11.7. The van der Waals surface area contributed by atoms with Crippen LogP contribution in [0.1, 0.15) is 22.3 Å². The van der Waals surface area contributed by atoms with E-state index in [-0.39, 0.29) is 12.3 Å². The summed E-state index contributed by atoms with van der Waals surface area (Å²) in [6.07, 6.45) is -2.09. The zero-order valence-corrected chi connectivity index (χ0v) is 29.0. The summed E-state index contributed by atoms with van der Waals surface area (Å²) in [5.41, 5.74) is 3.69. The fourth-order valence-corrected chi connectivity index (χ4v) is 7.95. The number of nitrogens with zero attached hydrogens (tertiary/aromatic N) is 1. The van der Waals surface area contributed by atoms with Crippen molar-refractivity contribution in [3.63, 3.8) is 0 Å². The van der Waals surface area contributed by atoms with Crippen molar-refractivity contribution >= 4 is 27.3 Å². The number of ether oxygens (including phenoxy) is 5. The van der Waals surface area contributed by atoms with Gasteiger partial charge in [0.25, 0.3) is 5.69 Å². The molecule has 0 bridgehead atoms. The number of hydrogen-bond donors (Lipinski definition) is 0. The fourth-order valence-electron chi connectivity index (χ4n) is 5.55. The molecule has 258 valence electrons. The van der Waals surface area contributed by atoms with E-state index >= 15 is 0 Å². The molecule has 50 heavy (non-hydrogen) atoms. The molecule has 1 fully saturated rings. The van der Waals surface area contributed by atoms with Crippen LogP contribution in [0, 0.1) is 10.1 Å². The molecule has 0 saturated carbocycles. The van der Waals surface area contributed by atoms with Crippen molar-refractivity contribution in [3.8, 4) is 0 Å². The largest absolute Gasteiger partial charge is 0.374 e. The number of rotatable bonds is 17. The Bertz CT molecular complexity index is 1720. The van der Waals surface area contributed by atoms with E-state index in [4.69, 9.17) is 23.7 Å². The summed E-state index contributed by atoms with van der Waals surface area (Å²) < 4.78 is 33.4. The van der Waals surface area contributed by atoms with E-state index in [0.717, 1.165) is 27.1 Å². The van der Waals surface area contributed by atoms with Crippen molar-refractivity contribution in [2.75, 3.05) is 6.61 Å². The Kier molecular flexibility index (Phi) is 13.5. The summed E-state index contributed by atoms with van der Waals surface area (Å²) in [6, 6.07) is 46.6. The van der Waals surface area contributed by atoms with E-state index in [1.165, 1.54) is 33.7 Å². The molecule has 10 heteroatoms. The van der Waals surface area contributed by atoms with Gasteiger partial charge in [0, 0.05) is 17.0 Å². The van der Waals surface area contributed by atoms with E-state index in [0.29, 0.717) is 26.4 Å². The minimum atomic E-state index is -0.541. The molecule has 0 spiro atoms. The predicted octanol–water partition coefficient (Wildman–Crippen LogP) is 9.03. The lowest BCUT2D eigenvalue weighted by Gasteiger charge is -2.45. The first kappa shape index (κ1) is 35.8. The maximum Gasteiger partial charge on any atom is 0.269 e. The molecular weight excluding hydrogens is 671 g/mol. The predicted molar refractivity (Wildman–Crippen MR) is 196 cm³/mol. The number of nitro benzene ring substituents is 1. The molecule has 8 nitrogen and oxygen atoms in total. The maximum atomic E-state index is 11.3. The standard InChI is InChI=1S/C40H39NO7S2/c42-41(43)34-21-23-35(24-22-34)49-50-40-39(47-28-33-19-11-4-12-20-33)38(46-27-32-17-9-3-10-18-32)37(45-26-31-15-7-2-8-16-31)36(48-40)29-44-25-30-13-5-1-6-14-30/h1-24,36-40H,25-29H2/t36-,37-,38+,39-,40+/m1/s1. The highest BCUT2D eigenvalue weighted by molar-refractivity contribution is 8.76. The molecule has 6 rings (SSSR count). The molecule has 0 aliphatic carbocycles. The second-order valence-electron chi connectivity index (χ2n) is 11.8. The zero-order valence-electron chi connectivity index (χ0n) is 27.4. The first-order valence-corrected chi connectivity index (χ1v) is 18.7. The quantitative estimate of drug-likeness (QED) is 0.0533.